The van der Waals surface area contributed by atoms with Crippen LogP contribution in [-0.4, -0.2) is 30.6 Å². The third kappa shape index (κ3) is 3.94. The van der Waals surface area contributed by atoms with Crippen molar-refractivity contribution in [2.75, 3.05) is 24.5 Å². The fourth-order valence-electron chi connectivity index (χ4n) is 3.06. The number of anilines is 1. The molecule has 0 saturated carbocycles. The third-order valence-electron chi connectivity index (χ3n) is 4.09. The first-order valence-corrected chi connectivity index (χ1v) is 7.85. The fraction of sp³-hybridized carbons (Fsp3) is 0.625. The number of nitro groups is 1. The maximum atomic E-state index is 11.4. The van der Waals surface area contributed by atoms with Gasteiger partial charge < -0.3 is 10.2 Å². The first kappa shape index (κ1) is 15.8. The van der Waals surface area contributed by atoms with Crippen LogP contribution in [-0.2, 0) is 0 Å². The molecule has 1 aromatic carbocycles. The molecule has 116 valence electrons. The lowest BCUT2D eigenvalue weighted by molar-refractivity contribution is -0.384. The molecule has 1 fully saturated rings. The van der Waals surface area contributed by atoms with Crippen molar-refractivity contribution in [2.45, 2.75) is 45.6 Å². The number of piperidine rings is 1. The molecule has 1 aliphatic rings. The Kier molecular flexibility index (Phi) is 5.56. The Morgan fingerprint density at radius 2 is 2.24 bits per heavy atom. The second kappa shape index (κ2) is 7.41. The SMILES string of the molecule is CCCN(CC1CCCCN1)c1cccc(C)c1[N+](=O)[O-]. The molecule has 1 aliphatic heterocycles. The van der Waals surface area contributed by atoms with E-state index in [2.05, 4.69) is 17.1 Å². The van der Waals surface area contributed by atoms with E-state index in [1.165, 1.54) is 12.8 Å². The van der Waals surface area contributed by atoms with Gasteiger partial charge in [0.15, 0.2) is 0 Å². The van der Waals surface area contributed by atoms with E-state index in [1.54, 1.807) is 0 Å². The zero-order valence-electron chi connectivity index (χ0n) is 13.0. The summed E-state index contributed by atoms with van der Waals surface area (Å²) in [6.45, 7) is 6.68. The van der Waals surface area contributed by atoms with Crippen LogP contribution >= 0.6 is 0 Å². The van der Waals surface area contributed by atoms with Crippen LogP contribution < -0.4 is 10.2 Å². The van der Waals surface area contributed by atoms with E-state index >= 15 is 0 Å². The van der Waals surface area contributed by atoms with Gasteiger partial charge in [0.2, 0.25) is 0 Å². The smallest absolute Gasteiger partial charge is 0.295 e. The average molecular weight is 291 g/mol. The minimum Gasteiger partial charge on any atom is -0.364 e. The molecule has 1 aromatic rings. The lowest BCUT2D eigenvalue weighted by Gasteiger charge is -2.31. The van der Waals surface area contributed by atoms with Crippen LogP contribution in [0, 0.1) is 17.0 Å². The maximum absolute atomic E-state index is 11.4. The Morgan fingerprint density at radius 3 is 2.86 bits per heavy atom. The summed E-state index contributed by atoms with van der Waals surface area (Å²) in [6, 6.07) is 6.04. The molecule has 1 atom stereocenters. The molecule has 0 amide bonds. The second-order valence-electron chi connectivity index (χ2n) is 5.79. The molecule has 0 radical (unpaired) electrons. The molecule has 0 bridgehead atoms. The molecule has 2 rings (SSSR count). The van der Waals surface area contributed by atoms with Crippen molar-refractivity contribution in [2.24, 2.45) is 0 Å². The van der Waals surface area contributed by atoms with Gasteiger partial charge in [-0.1, -0.05) is 25.5 Å². The molecule has 1 saturated heterocycles. The summed E-state index contributed by atoms with van der Waals surface area (Å²) in [6.07, 6.45) is 4.61. The van der Waals surface area contributed by atoms with E-state index in [1.807, 2.05) is 25.1 Å². The third-order valence-corrected chi connectivity index (χ3v) is 4.09. The van der Waals surface area contributed by atoms with E-state index in [0.717, 1.165) is 43.7 Å². The van der Waals surface area contributed by atoms with Gasteiger partial charge in [0.05, 0.1) is 4.92 Å². The average Bonchev–Trinajstić information content (AvgIpc) is 2.47. The van der Waals surface area contributed by atoms with Crippen molar-refractivity contribution in [1.82, 2.24) is 5.32 Å². The normalized spacial score (nSPS) is 18.5. The van der Waals surface area contributed by atoms with Crippen molar-refractivity contribution in [1.29, 1.82) is 0 Å². The molecule has 0 spiro atoms. The molecule has 0 aromatic heterocycles. The number of nitrogens with one attached hydrogen (secondary N) is 1. The lowest BCUT2D eigenvalue weighted by atomic mass is 10.0. The maximum Gasteiger partial charge on any atom is 0.295 e. The van der Waals surface area contributed by atoms with E-state index in [-0.39, 0.29) is 10.6 Å². The van der Waals surface area contributed by atoms with E-state index in [0.29, 0.717) is 6.04 Å². The van der Waals surface area contributed by atoms with Crippen LogP contribution in [0.4, 0.5) is 11.4 Å². The molecule has 1 heterocycles. The van der Waals surface area contributed by atoms with Crippen LogP contribution in [0.3, 0.4) is 0 Å². The van der Waals surface area contributed by atoms with Crippen LogP contribution in [0.15, 0.2) is 18.2 Å². The number of para-hydroxylation sites is 1. The van der Waals surface area contributed by atoms with Crippen molar-refractivity contribution in [3.05, 3.63) is 33.9 Å². The fourth-order valence-corrected chi connectivity index (χ4v) is 3.06. The number of benzene rings is 1. The van der Waals surface area contributed by atoms with Crippen LogP contribution in [0.2, 0.25) is 0 Å². The Balaban J connectivity index is 2.24. The Morgan fingerprint density at radius 1 is 1.43 bits per heavy atom. The largest absolute Gasteiger partial charge is 0.364 e. The lowest BCUT2D eigenvalue weighted by Crippen LogP contribution is -2.44. The summed E-state index contributed by atoms with van der Waals surface area (Å²) in [7, 11) is 0. The summed E-state index contributed by atoms with van der Waals surface area (Å²) in [5.74, 6) is 0. The first-order valence-electron chi connectivity index (χ1n) is 7.85. The number of hydrogen-bond donors (Lipinski definition) is 1. The number of rotatable bonds is 6. The molecular formula is C16H25N3O2. The van der Waals surface area contributed by atoms with Crippen molar-refractivity contribution < 1.29 is 4.92 Å². The molecule has 1 N–H and O–H groups in total. The van der Waals surface area contributed by atoms with E-state index < -0.39 is 0 Å². The number of aryl methyl sites for hydroxylation is 1. The summed E-state index contributed by atoms with van der Waals surface area (Å²) in [5, 5.41) is 14.9. The van der Waals surface area contributed by atoms with Crippen molar-refractivity contribution >= 4 is 11.4 Å². The number of nitrogens with zero attached hydrogens (tertiary/aromatic N) is 2. The molecular weight excluding hydrogens is 266 g/mol. The number of hydrogen-bond acceptors (Lipinski definition) is 4. The minimum atomic E-state index is -0.248. The molecule has 0 aliphatic carbocycles. The van der Waals surface area contributed by atoms with Gasteiger partial charge in [-0.2, -0.15) is 0 Å². The Labute approximate surface area is 126 Å². The molecule has 21 heavy (non-hydrogen) atoms. The second-order valence-corrected chi connectivity index (χ2v) is 5.79. The predicted molar refractivity (Wildman–Crippen MR) is 86.0 cm³/mol. The highest BCUT2D eigenvalue weighted by atomic mass is 16.6. The molecule has 5 heteroatoms. The quantitative estimate of drug-likeness (QED) is 0.645. The van der Waals surface area contributed by atoms with E-state index in [4.69, 9.17) is 0 Å². The van der Waals surface area contributed by atoms with Gasteiger partial charge in [-0.05, 0) is 38.8 Å². The highest BCUT2D eigenvalue weighted by molar-refractivity contribution is 5.66. The van der Waals surface area contributed by atoms with Crippen molar-refractivity contribution in [3.63, 3.8) is 0 Å². The minimum absolute atomic E-state index is 0.248. The van der Waals surface area contributed by atoms with Gasteiger partial charge in [0, 0.05) is 24.7 Å². The summed E-state index contributed by atoms with van der Waals surface area (Å²) < 4.78 is 0. The molecule has 1 unspecified atom stereocenters. The van der Waals surface area contributed by atoms with Gasteiger partial charge >= 0.3 is 0 Å². The highest BCUT2D eigenvalue weighted by Gasteiger charge is 2.24. The zero-order valence-corrected chi connectivity index (χ0v) is 13.0. The standard InChI is InChI=1S/C16H25N3O2/c1-3-11-18(12-14-8-4-5-10-17-14)15-9-6-7-13(2)16(15)19(20)21/h6-7,9,14,17H,3-5,8,10-12H2,1-2H3. The van der Waals surface area contributed by atoms with Crippen LogP contribution in [0.1, 0.15) is 38.2 Å². The zero-order chi connectivity index (χ0) is 15.2. The summed E-state index contributed by atoms with van der Waals surface area (Å²) in [5.41, 5.74) is 1.74. The van der Waals surface area contributed by atoms with Crippen LogP contribution in [0.5, 0.6) is 0 Å². The monoisotopic (exact) mass is 291 g/mol. The molecule has 5 nitrogen and oxygen atoms in total. The summed E-state index contributed by atoms with van der Waals surface area (Å²) in [4.78, 5) is 13.3. The van der Waals surface area contributed by atoms with Gasteiger partial charge in [-0.25, -0.2) is 0 Å². The topological polar surface area (TPSA) is 58.4 Å². The Bertz CT molecular complexity index is 484. The highest BCUT2D eigenvalue weighted by Crippen LogP contribution is 2.31. The van der Waals surface area contributed by atoms with E-state index in [9.17, 15) is 10.1 Å². The van der Waals surface area contributed by atoms with Gasteiger partial charge in [0.25, 0.3) is 5.69 Å². The van der Waals surface area contributed by atoms with Gasteiger partial charge in [-0.3, -0.25) is 10.1 Å². The predicted octanol–water partition coefficient (Wildman–Crippen LogP) is 3.26. The Hall–Kier alpha value is -1.62. The first-order chi connectivity index (χ1) is 10.1. The summed E-state index contributed by atoms with van der Waals surface area (Å²) >= 11 is 0. The van der Waals surface area contributed by atoms with Gasteiger partial charge in [0.1, 0.15) is 5.69 Å². The van der Waals surface area contributed by atoms with Crippen molar-refractivity contribution in [3.8, 4) is 0 Å². The van der Waals surface area contributed by atoms with Gasteiger partial charge in [-0.15, -0.1) is 0 Å². The van der Waals surface area contributed by atoms with Crippen LogP contribution in [0.25, 0.3) is 0 Å². The number of nitro benzene ring substituents is 1.